The summed E-state index contributed by atoms with van der Waals surface area (Å²) in [7, 11) is 0. The Morgan fingerprint density at radius 2 is 2.15 bits per heavy atom. The zero-order valence-corrected chi connectivity index (χ0v) is 18.1. The van der Waals surface area contributed by atoms with Crippen molar-refractivity contribution >= 4 is 50.9 Å². The van der Waals surface area contributed by atoms with E-state index in [4.69, 9.17) is 10.5 Å². The number of rotatable bonds is 6. The quantitative estimate of drug-likeness (QED) is 0.136. The first kappa shape index (κ1) is 22.7. The molecule has 0 spiro atoms. The highest BCUT2D eigenvalue weighted by atomic mass is 79.9. The number of nitro benzene ring substituents is 1. The van der Waals surface area contributed by atoms with Crippen molar-refractivity contribution in [3.05, 3.63) is 48.7 Å². The molecule has 7 N–H and O–H groups in total. The van der Waals surface area contributed by atoms with E-state index in [2.05, 4.69) is 41.4 Å². The second-order valence-corrected chi connectivity index (χ2v) is 7.85. The van der Waals surface area contributed by atoms with Crippen LogP contribution in [0.25, 0.3) is 11.2 Å². The van der Waals surface area contributed by atoms with Gasteiger partial charge in [-0.3, -0.25) is 24.5 Å². The van der Waals surface area contributed by atoms with E-state index >= 15 is 0 Å². The summed E-state index contributed by atoms with van der Waals surface area (Å²) in [6.07, 6.45) is -4.03. The van der Waals surface area contributed by atoms with Crippen molar-refractivity contribution < 1.29 is 25.0 Å². The Balaban J connectivity index is 1.74. The second kappa shape index (κ2) is 8.83. The SMILES string of the molecule is Nc1nc2c(nc(N/N=C/c3ccc(Br)c([N+](=O)[O-])c3)n2[C@@H]2O[C@H](CO)[C@@H](O)[C@H]2O)c(=O)[nH]1. The van der Waals surface area contributed by atoms with E-state index in [1.165, 1.54) is 22.9 Å². The van der Waals surface area contributed by atoms with Gasteiger partial charge in [0.2, 0.25) is 11.9 Å². The number of halogens is 1. The average molecular weight is 525 g/mol. The van der Waals surface area contributed by atoms with Crippen molar-refractivity contribution in [2.75, 3.05) is 17.8 Å². The molecule has 0 saturated carbocycles. The first-order valence-corrected chi connectivity index (χ1v) is 10.1. The molecule has 1 aliphatic rings. The number of nitrogen functional groups attached to an aromatic ring is 1. The molecule has 4 rings (SSSR count). The van der Waals surface area contributed by atoms with Crippen LogP contribution in [-0.2, 0) is 4.74 Å². The molecule has 1 saturated heterocycles. The Labute approximate surface area is 191 Å². The molecule has 3 heterocycles. The topological polar surface area (TPSA) is 227 Å². The number of hydrazone groups is 1. The van der Waals surface area contributed by atoms with Crippen LogP contribution < -0.4 is 16.7 Å². The van der Waals surface area contributed by atoms with Crippen molar-refractivity contribution in [3.63, 3.8) is 0 Å². The number of aromatic nitrogens is 4. The van der Waals surface area contributed by atoms with Crippen LogP contribution >= 0.6 is 15.9 Å². The van der Waals surface area contributed by atoms with Crippen molar-refractivity contribution in [3.8, 4) is 0 Å². The lowest BCUT2D eigenvalue weighted by atomic mass is 10.1. The van der Waals surface area contributed by atoms with E-state index in [0.717, 1.165) is 0 Å². The van der Waals surface area contributed by atoms with Gasteiger partial charge in [0.1, 0.15) is 18.3 Å². The number of aliphatic hydroxyl groups is 3. The summed E-state index contributed by atoms with van der Waals surface area (Å²) in [6.45, 7) is -0.569. The summed E-state index contributed by atoms with van der Waals surface area (Å²) >= 11 is 3.10. The van der Waals surface area contributed by atoms with E-state index in [9.17, 15) is 30.2 Å². The Kier molecular flexibility index (Phi) is 6.09. The standard InChI is InChI=1S/C17H17BrN8O7/c18-7-2-1-6(3-8(7)26(31)32)4-20-24-17-21-10-13(22-16(19)23-14(10)30)25(17)15-12(29)11(28)9(5-27)33-15/h1-4,9,11-12,15,27-29H,5H2,(H,21,24)(H3,19,22,23,30)/b20-4+/t9-,11-,12-,15-/m1/s1. The molecular weight excluding hydrogens is 508 g/mol. The minimum atomic E-state index is -1.50. The van der Waals surface area contributed by atoms with Gasteiger partial charge < -0.3 is 25.8 Å². The molecule has 33 heavy (non-hydrogen) atoms. The molecule has 174 valence electrons. The number of aromatic amines is 1. The lowest BCUT2D eigenvalue weighted by molar-refractivity contribution is -0.385. The van der Waals surface area contributed by atoms with Crippen LogP contribution in [0.4, 0.5) is 17.6 Å². The summed E-state index contributed by atoms with van der Waals surface area (Å²) < 4.78 is 7.01. The molecule has 4 atom stereocenters. The zero-order chi connectivity index (χ0) is 23.9. The third kappa shape index (κ3) is 4.16. The van der Waals surface area contributed by atoms with E-state index in [1.807, 2.05) is 0 Å². The van der Waals surface area contributed by atoms with Crippen LogP contribution in [0.1, 0.15) is 11.8 Å². The maximum absolute atomic E-state index is 12.3. The highest BCUT2D eigenvalue weighted by Gasteiger charge is 2.45. The molecule has 0 radical (unpaired) electrons. The van der Waals surface area contributed by atoms with Gasteiger partial charge in [-0.05, 0) is 22.0 Å². The van der Waals surface area contributed by atoms with Gasteiger partial charge in [-0.2, -0.15) is 10.1 Å². The van der Waals surface area contributed by atoms with Crippen LogP contribution in [0.3, 0.4) is 0 Å². The minimum Gasteiger partial charge on any atom is -0.394 e. The van der Waals surface area contributed by atoms with Gasteiger partial charge in [-0.25, -0.2) is 10.4 Å². The highest BCUT2D eigenvalue weighted by Crippen LogP contribution is 2.34. The molecule has 2 aromatic heterocycles. The van der Waals surface area contributed by atoms with E-state index in [0.29, 0.717) is 10.0 Å². The molecule has 3 aromatic rings. The third-order valence-electron chi connectivity index (χ3n) is 4.89. The van der Waals surface area contributed by atoms with E-state index in [-0.39, 0.29) is 28.7 Å². The molecule has 15 nitrogen and oxygen atoms in total. The summed E-state index contributed by atoms with van der Waals surface area (Å²) in [5.41, 5.74) is 7.54. The molecule has 0 aliphatic carbocycles. The lowest BCUT2D eigenvalue weighted by Gasteiger charge is -2.18. The van der Waals surface area contributed by atoms with Crippen molar-refractivity contribution in [2.24, 2.45) is 5.10 Å². The highest BCUT2D eigenvalue weighted by molar-refractivity contribution is 9.10. The number of nitrogens with zero attached hydrogens (tertiary/aromatic N) is 5. The smallest absolute Gasteiger partial charge is 0.284 e. The van der Waals surface area contributed by atoms with Crippen LogP contribution in [-0.4, -0.2) is 70.9 Å². The summed E-state index contributed by atoms with van der Waals surface area (Å²) in [6, 6.07) is 4.35. The Hall–Kier alpha value is -3.44. The summed E-state index contributed by atoms with van der Waals surface area (Å²) in [5, 5.41) is 45.1. The van der Waals surface area contributed by atoms with Crippen molar-refractivity contribution in [1.82, 2.24) is 19.5 Å². The predicted molar refractivity (Wildman–Crippen MR) is 118 cm³/mol. The number of H-pyrrole nitrogens is 1. The number of nitrogens with two attached hydrogens (primary N) is 1. The number of nitro groups is 1. The fourth-order valence-corrected chi connectivity index (χ4v) is 3.72. The Morgan fingerprint density at radius 1 is 1.39 bits per heavy atom. The van der Waals surface area contributed by atoms with E-state index < -0.39 is 41.6 Å². The largest absolute Gasteiger partial charge is 0.394 e. The van der Waals surface area contributed by atoms with Crippen LogP contribution in [0.15, 0.2) is 32.6 Å². The third-order valence-corrected chi connectivity index (χ3v) is 5.56. The lowest BCUT2D eigenvalue weighted by Crippen LogP contribution is -2.33. The van der Waals surface area contributed by atoms with Crippen LogP contribution in [0, 0.1) is 10.1 Å². The monoisotopic (exact) mass is 524 g/mol. The molecule has 1 aliphatic heterocycles. The van der Waals surface area contributed by atoms with Gasteiger partial charge in [0.15, 0.2) is 17.4 Å². The summed E-state index contributed by atoms with van der Waals surface area (Å²) in [5.74, 6) is -0.330. The molecule has 1 fully saturated rings. The molecule has 0 bridgehead atoms. The number of aliphatic hydroxyl groups excluding tert-OH is 3. The number of nitrogens with one attached hydrogen (secondary N) is 2. The van der Waals surface area contributed by atoms with Gasteiger partial charge in [-0.1, -0.05) is 6.07 Å². The van der Waals surface area contributed by atoms with Gasteiger partial charge in [0.25, 0.3) is 11.2 Å². The number of hydrogen-bond donors (Lipinski definition) is 6. The second-order valence-electron chi connectivity index (χ2n) is 7.00. The van der Waals surface area contributed by atoms with Gasteiger partial charge in [-0.15, -0.1) is 0 Å². The Morgan fingerprint density at radius 3 is 2.82 bits per heavy atom. The number of benzene rings is 1. The number of hydrogen-bond acceptors (Lipinski definition) is 12. The van der Waals surface area contributed by atoms with Gasteiger partial charge in [0, 0.05) is 11.6 Å². The van der Waals surface area contributed by atoms with Crippen molar-refractivity contribution in [2.45, 2.75) is 24.5 Å². The molecule has 0 unspecified atom stereocenters. The molecular formula is C17H17BrN8O7. The van der Waals surface area contributed by atoms with Crippen LogP contribution in [0.2, 0.25) is 0 Å². The molecule has 16 heteroatoms. The fraction of sp³-hybridized carbons (Fsp3) is 0.294. The Bertz CT molecular complexity index is 1310. The number of fused-ring (bicyclic) bond motifs is 1. The average Bonchev–Trinajstić information content (AvgIpc) is 3.26. The maximum atomic E-state index is 12.3. The number of anilines is 2. The number of imidazole rings is 1. The van der Waals surface area contributed by atoms with Crippen molar-refractivity contribution in [1.29, 1.82) is 0 Å². The summed E-state index contributed by atoms with van der Waals surface area (Å²) in [4.78, 5) is 33.3. The van der Waals surface area contributed by atoms with Crippen LogP contribution in [0.5, 0.6) is 0 Å². The first-order valence-electron chi connectivity index (χ1n) is 9.34. The van der Waals surface area contributed by atoms with Gasteiger partial charge in [0.05, 0.1) is 22.2 Å². The molecule has 1 aromatic carbocycles. The molecule has 0 amide bonds. The fourth-order valence-electron chi connectivity index (χ4n) is 3.33. The minimum absolute atomic E-state index is 0.0666. The first-order chi connectivity index (χ1) is 15.7. The predicted octanol–water partition coefficient (Wildman–Crippen LogP) is -0.570. The normalized spacial score (nSPS) is 22.9. The maximum Gasteiger partial charge on any atom is 0.284 e. The zero-order valence-electron chi connectivity index (χ0n) is 16.5. The van der Waals surface area contributed by atoms with Gasteiger partial charge >= 0.3 is 0 Å². The number of ether oxygens (including phenoxy) is 1. The van der Waals surface area contributed by atoms with E-state index in [1.54, 1.807) is 6.07 Å².